The lowest BCUT2D eigenvalue weighted by Gasteiger charge is -2.01. The zero-order valence-corrected chi connectivity index (χ0v) is 11.7. The van der Waals surface area contributed by atoms with E-state index in [0.29, 0.717) is 10.6 Å². The summed E-state index contributed by atoms with van der Waals surface area (Å²) < 4.78 is 0. The highest BCUT2D eigenvalue weighted by atomic mass is 35.5. The molecule has 20 heavy (non-hydrogen) atoms. The van der Waals surface area contributed by atoms with Gasteiger partial charge in [-0.2, -0.15) is 5.10 Å². The molecule has 0 aliphatic rings. The molecule has 0 fully saturated rings. The van der Waals surface area contributed by atoms with Crippen LogP contribution >= 0.6 is 11.6 Å². The zero-order chi connectivity index (χ0) is 14.2. The Morgan fingerprint density at radius 1 is 1.10 bits per heavy atom. The molecular weight excluding hydrogens is 272 g/mol. The van der Waals surface area contributed by atoms with Crippen LogP contribution in [0.1, 0.15) is 22.3 Å². The minimum Gasteiger partial charge on any atom is -0.267 e. The van der Waals surface area contributed by atoms with Crippen molar-refractivity contribution in [3.8, 4) is 0 Å². The van der Waals surface area contributed by atoms with Crippen molar-refractivity contribution < 1.29 is 4.79 Å². The van der Waals surface area contributed by atoms with Gasteiger partial charge in [0, 0.05) is 6.21 Å². The van der Waals surface area contributed by atoms with E-state index in [1.807, 2.05) is 18.2 Å². The van der Waals surface area contributed by atoms with Crippen LogP contribution in [-0.2, 0) is 6.42 Å². The van der Waals surface area contributed by atoms with E-state index in [0.717, 1.165) is 12.8 Å². The van der Waals surface area contributed by atoms with Gasteiger partial charge in [0.05, 0.1) is 10.6 Å². The molecule has 0 bridgehead atoms. The Morgan fingerprint density at radius 2 is 1.80 bits per heavy atom. The topological polar surface area (TPSA) is 41.5 Å². The average Bonchev–Trinajstić information content (AvgIpc) is 2.48. The van der Waals surface area contributed by atoms with E-state index in [1.165, 1.54) is 5.56 Å². The number of nitrogens with one attached hydrogen (secondary N) is 1. The van der Waals surface area contributed by atoms with Crippen LogP contribution in [-0.4, -0.2) is 12.1 Å². The van der Waals surface area contributed by atoms with Crippen molar-refractivity contribution in [3.63, 3.8) is 0 Å². The number of carbonyl (C=O) groups is 1. The lowest BCUT2D eigenvalue weighted by Crippen LogP contribution is -2.17. The average molecular weight is 287 g/mol. The lowest BCUT2D eigenvalue weighted by atomic mass is 10.1. The molecule has 0 unspecified atom stereocenters. The maximum absolute atomic E-state index is 11.8. The van der Waals surface area contributed by atoms with Gasteiger partial charge in [-0.25, -0.2) is 5.43 Å². The molecule has 2 aromatic carbocycles. The van der Waals surface area contributed by atoms with Gasteiger partial charge in [0.2, 0.25) is 0 Å². The molecule has 0 spiro atoms. The van der Waals surface area contributed by atoms with Gasteiger partial charge >= 0.3 is 0 Å². The number of rotatable bonds is 5. The van der Waals surface area contributed by atoms with Crippen LogP contribution in [0.3, 0.4) is 0 Å². The van der Waals surface area contributed by atoms with Crippen molar-refractivity contribution in [2.24, 2.45) is 5.10 Å². The largest absolute Gasteiger partial charge is 0.272 e. The number of nitrogens with zero attached hydrogens (tertiary/aromatic N) is 1. The maximum atomic E-state index is 11.8. The van der Waals surface area contributed by atoms with Crippen LogP contribution in [0.5, 0.6) is 0 Å². The number of hydrogen-bond donors (Lipinski definition) is 1. The number of amides is 1. The zero-order valence-electron chi connectivity index (χ0n) is 10.9. The number of aryl methyl sites for hydroxylation is 1. The van der Waals surface area contributed by atoms with Gasteiger partial charge in [0.1, 0.15) is 0 Å². The van der Waals surface area contributed by atoms with Crippen molar-refractivity contribution in [2.45, 2.75) is 12.8 Å². The summed E-state index contributed by atoms with van der Waals surface area (Å²) in [6, 6.07) is 17.0. The van der Waals surface area contributed by atoms with Gasteiger partial charge in [0.25, 0.3) is 5.91 Å². The van der Waals surface area contributed by atoms with Crippen LogP contribution in [0.15, 0.2) is 59.7 Å². The summed E-state index contributed by atoms with van der Waals surface area (Å²) in [7, 11) is 0. The molecule has 0 saturated carbocycles. The molecule has 0 atom stereocenters. The molecule has 0 heterocycles. The fourth-order valence-corrected chi connectivity index (χ4v) is 1.97. The first-order valence-electron chi connectivity index (χ1n) is 6.37. The van der Waals surface area contributed by atoms with Crippen LogP contribution in [0.25, 0.3) is 0 Å². The molecule has 4 heteroatoms. The Kier molecular flexibility index (Phi) is 5.33. The Labute approximate surface area is 123 Å². The summed E-state index contributed by atoms with van der Waals surface area (Å²) in [6.07, 6.45) is 3.36. The third kappa shape index (κ3) is 4.21. The number of hydrazone groups is 1. The monoisotopic (exact) mass is 286 g/mol. The van der Waals surface area contributed by atoms with E-state index in [-0.39, 0.29) is 5.91 Å². The molecule has 3 nitrogen and oxygen atoms in total. The van der Waals surface area contributed by atoms with Crippen LogP contribution in [0.2, 0.25) is 5.02 Å². The van der Waals surface area contributed by atoms with Gasteiger partial charge in [-0.15, -0.1) is 0 Å². The fraction of sp³-hybridized carbons (Fsp3) is 0.125. The first kappa shape index (κ1) is 14.3. The highest BCUT2D eigenvalue weighted by Crippen LogP contribution is 2.14. The minimum absolute atomic E-state index is 0.299. The summed E-state index contributed by atoms with van der Waals surface area (Å²) in [5, 5.41) is 4.34. The first-order valence-corrected chi connectivity index (χ1v) is 6.75. The molecule has 1 amide bonds. The molecule has 102 valence electrons. The van der Waals surface area contributed by atoms with E-state index >= 15 is 0 Å². The summed E-state index contributed by atoms with van der Waals surface area (Å²) in [5.74, 6) is -0.299. The summed E-state index contributed by atoms with van der Waals surface area (Å²) in [4.78, 5) is 11.8. The summed E-state index contributed by atoms with van der Waals surface area (Å²) in [5.41, 5.74) is 4.14. The molecule has 0 saturated heterocycles. The second-order valence-corrected chi connectivity index (χ2v) is 4.66. The Bertz CT molecular complexity index is 596. The van der Waals surface area contributed by atoms with E-state index in [4.69, 9.17) is 11.6 Å². The molecule has 0 aromatic heterocycles. The molecule has 0 aliphatic heterocycles. The highest BCUT2D eigenvalue weighted by Gasteiger charge is 2.07. The predicted molar refractivity (Wildman–Crippen MR) is 82.2 cm³/mol. The van der Waals surface area contributed by atoms with Crippen molar-refractivity contribution in [1.29, 1.82) is 0 Å². The normalized spacial score (nSPS) is 10.7. The highest BCUT2D eigenvalue weighted by molar-refractivity contribution is 6.33. The Balaban J connectivity index is 1.79. The summed E-state index contributed by atoms with van der Waals surface area (Å²) >= 11 is 5.93. The standard InChI is InChI=1S/C16H15ClN2O/c17-15-11-5-4-10-14(15)16(20)19-18-12-6-9-13-7-2-1-3-8-13/h1-5,7-8,10-12H,6,9H2,(H,19,20)/b18-12-. The maximum Gasteiger partial charge on any atom is 0.272 e. The number of hydrogen-bond acceptors (Lipinski definition) is 2. The second-order valence-electron chi connectivity index (χ2n) is 4.26. The predicted octanol–water partition coefficient (Wildman–Crippen LogP) is 3.69. The van der Waals surface area contributed by atoms with Crippen molar-refractivity contribution in [2.75, 3.05) is 0 Å². The first-order chi connectivity index (χ1) is 9.77. The molecule has 0 radical (unpaired) electrons. The molecule has 1 N–H and O–H groups in total. The number of halogens is 1. The third-order valence-electron chi connectivity index (χ3n) is 2.78. The lowest BCUT2D eigenvalue weighted by molar-refractivity contribution is 0.0955. The quantitative estimate of drug-likeness (QED) is 0.661. The Hall–Kier alpha value is -2.13. The molecule has 0 aliphatic carbocycles. The SMILES string of the molecule is O=C(N/N=C\CCc1ccccc1)c1ccccc1Cl. The van der Waals surface area contributed by atoms with E-state index in [1.54, 1.807) is 30.5 Å². The van der Waals surface area contributed by atoms with Crippen molar-refractivity contribution >= 4 is 23.7 Å². The Morgan fingerprint density at radius 3 is 2.55 bits per heavy atom. The van der Waals surface area contributed by atoms with Crippen LogP contribution < -0.4 is 5.43 Å². The van der Waals surface area contributed by atoms with Gasteiger partial charge in [-0.1, -0.05) is 54.1 Å². The van der Waals surface area contributed by atoms with Gasteiger partial charge in [-0.05, 0) is 30.5 Å². The number of carbonyl (C=O) groups excluding carboxylic acids is 1. The second kappa shape index (κ2) is 7.46. The van der Waals surface area contributed by atoms with Crippen molar-refractivity contribution in [3.05, 3.63) is 70.7 Å². The summed E-state index contributed by atoms with van der Waals surface area (Å²) in [6.45, 7) is 0. The van der Waals surface area contributed by atoms with Gasteiger partial charge in [-0.3, -0.25) is 4.79 Å². The minimum atomic E-state index is -0.299. The fourth-order valence-electron chi connectivity index (χ4n) is 1.75. The van der Waals surface area contributed by atoms with Gasteiger partial charge < -0.3 is 0 Å². The van der Waals surface area contributed by atoms with E-state index in [2.05, 4.69) is 22.7 Å². The number of benzene rings is 2. The van der Waals surface area contributed by atoms with E-state index < -0.39 is 0 Å². The van der Waals surface area contributed by atoms with Crippen LogP contribution in [0.4, 0.5) is 0 Å². The third-order valence-corrected chi connectivity index (χ3v) is 3.11. The molecule has 2 rings (SSSR count). The molecular formula is C16H15ClN2O. The van der Waals surface area contributed by atoms with Gasteiger partial charge in [0.15, 0.2) is 0 Å². The van der Waals surface area contributed by atoms with E-state index in [9.17, 15) is 4.79 Å². The van der Waals surface area contributed by atoms with Crippen molar-refractivity contribution in [1.82, 2.24) is 5.43 Å². The smallest absolute Gasteiger partial charge is 0.267 e. The molecule has 2 aromatic rings. The van der Waals surface area contributed by atoms with Crippen LogP contribution in [0, 0.1) is 0 Å².